The van der Waals surface area contributed by atoms with Gasteiger partial charge in [0, 0.05) is 30.3 Å². The van der Waals surface area contributed by atoms with E-state index >= 15 is 0 Å². The number of ketones is 1. The minimum atomic E-state index is -4.08. The fourth-order valence-electron chi connectivity index (χ4n) is 3.36. The van der Waals surface area contributed by atoms with E-state index in [1.807, 2.05) is 0 Å². The van der Waals surface area contributed by atoms with Crippen molar-refractivity contribution in [1.82, 2.24) is 4.31 Å². The Bertz CT molecular complexity index is 1410. The fourth-order valence-corrected chi connectivity index (χ4v) is 4.75. The summed E-state index contributed by atoms with van der Waals surface area (Å²) in [5.41, 5.74) is -0.272. The lowest BCUT2D eigenvalue weighted by atomic mass is 10.0. The zero-order valence-electron chi connectivity index (χ0n) is 17.2. The number of sulfonamides is 1. The van der Waals surface area contributed by atoms with Crippen molar-refractivity contribution >= 4 is 33.2 Å². The maximum atomic E-state index is 13.3. The highest BCUT2D eigenvalue weighted by Gasteiger charge is 2.39. The third-order valence-electron chi connectivity index (χ3n) is 5.06. The first kappa shape index (κ1) is 21.9. The quantitative estimate of drug-likeness (QED) is 0.244. The van der Waals surface area contributed by atoms with Gasteiger partial charge in [-0.3, -0.25) is 19.2 Å². The first-order valence-electron chi connectivity index (χ1n) is 9.61. The summed E-state index contributed by atoms with van der Waals surface area (Å²) in [4.78, 5) is 36.3. The van der Waals surface area contributed by atoms with E-state index in [9.17, 15) is 28.1 Å². The number of nitrogens with zero attached hydrogens (tertiary/aromatic N) is 2. The largest absolute Gasteiger partial charge is 0.420 e. The summed E-state index contributed by atoms with van der Waals surface area (Å²) in [6.45, 7) is 0. The van der Waals surface area contributed by atoms with Crippen molar-refractivity contribution in [3.05, 3.63) is 111 Å². The van der Waals surface area contributed by atoms with Gasteiger partial charge in [-0.1, -0.05) is 42.5 Å². The number of nitro groups is 1. The van der Waals surface area contributed by atoms with E-state index in [1.54, 1.807) is 24.3 Å². The van der Waals surface area contributed by atoms with Crippen LogP contribution in [0, 0.1) is 10.1 Å². The van der Waals surface area contributed by atoms with Gasteiger partial charge in [0.15, 0.2) is 5.76 Å². The molecule has 0 spiro atoms. The number of hydrogen-bond donors (Lipinski definition) is 0. The molecule has 1 aliphatic heterocycles. The zero-order valence-corrected chi connectivity index (χ0v) is 18.0. The lowest BCUT2D eigenvalue weighted by molar-refractivity contribution is -0.384. The minimum Gasteiger partial charge on any atom is -0.420 e. The van der Waals surface area contributed by atoms with Gasteiger partial charge in [0.05, 0.1) is 15.4 Å². The zero-order chi connectivity index (χ0) is 23.8. The smallest absolute Gasteiger partial charge is 0.343 e. The van der Waals surface area contributed by atoms with Gasteiger partial charge in [0.1, 0.15) is 5.70 Å². The molecule has 0 aromatic heterocycles. The van der Waals surface area contributed by atoms with E-state index < -0.39 is 26.7 Å². The number of fused-ring (bicyclic) bond motifs is 1. The average Bonchev–Trinajstić information content (AvgIpc) is 2.83. The Morgan fingerprint density at radius 1 is 0.879 bits per heavy atom. The van der Waals surface area contributed by atoms with Crippen LogP contribution in [0.15, 0.2) is 89.5 Å². The second-order valence-corrected chi connectivity index (χ2v) is 8.97. The number of carbonyl (C=O) groups is 2. The van der Waals surface area contributed by atoms with Gasteiger partial charge >= 0.3 is 5.97 Å². The fraction of sp³-hybridized carbons (Fsp3) is 0.0435. The highest BCUT2D eigenvalue weighted by molar-refractivity contribution is 7.89. The summed E-state index contributed by atoms with van der Waals surface area (Å²) >= 11 is 0. The molecule has 3 aromatic carbocycles. The molecule has 0 saturated carbocycles. The molecule has 0 amide bonds. The van der Waals surface area contributed by atoms with Crippen LogP contribution in [-0.4, -0.2) is 36.4 Å². The number of Topliss-reactive ketones (excluding diaryl/α,β-unsaturated/α-hetero) is 1. The van der Waals surface area contributed by atoms with Crippen LogP contribution in [0.2, 0.25) is 0 Å². The number of hydrogen-bond acceptors (Lipinski definition) is 7. The van der Waals surface area contributed by atoms with Gasteiger partial charge in [-0.2, -0.15) is 0 Å². The number of nitro benzene ring substituents is 1. The Labute approximate surface area is 188 Å². The van der Waals surface area contributed by atoms with E-state index in [1.165, 1.54) is 49.5 Å². The Balaban J connectivity index is 1.86. The summed E-state index contributed by atoms with van der Waals surface area (Å²) in [7, 11) is -2.87. The van der Waals surface area contributed by atoms with Crippen molar-refractivity contribution in [3.63, 3.8) is 0 Å². The molecule has 0 saturated heterocycles. The van der Waals surface area contributed by atoms with Gasteiger partial charge < -0.3 is 4.74 Å². The van der Waals surface area contributed by atoms with E-state index in [4.69, 9.17) is 4.74 Å². The van der Waals surface area contributed by atoms with Crippen LogP contribution in [0.5, 0.6) is 0 Å². The summed E-state index contributed by atoms with van der Waals surface area (Å²) in [6, 6.07) is 18.6. The molecular formula is C23H16N2O7S. The molecule has 1 aliphatic rings. The Morgan fingerprint density at radius 3 is 2.12 bits per heavy atom. The van der Waals surface area contributed by atoms with Crippen LogP contribution < -0.4 is 0 Å². The van der Waals surface area contributed by atoms with E-state index in [0.717, 1.165) is 16.4 Å². The summed E-state index contributed by atoms with van der Waals surface area (Å²) < 4.78 is 32.5. The Hall–Kier alpha value is -4.31. The van der Waals surface area contributed by atoms with E-state index in [2.05, 4.69) is 0 Å². The molecule has 33 heavy (non-hydrogen) atoms. The van der Waals surface area contributed by atoms with Crippen molar-refractivity contribution in [2.24, 2.45) is 0 Å². The molecule has 166 valence electrons. The maximum Gasteiger partial charge on any atom is 0.343 e. The number of likely N-dealkylation sites (N-methyl/N-ethyl adjacent to an activating group) is 1. The van der Waals surface area contributed by atoms with Gasteiger partial charge in [-0.05, 0) is 24.3 Å². The maximum absolute atomic E-state index is 13.3. The van der Waals surface area contributed by atoms with E-state index in [-0.39, 0.29) is 38.7 Å². The number of esters is 1. The van der Waals surface area contributed by atoms with Crippen molar-refractivity contribution in [2.75, 3.05) is 7.05 Å². The lowest BCUT2D eigenvalue weighted by Gasteiger charge is -2.30. The predicted octanol–water partition coefficient (Wildman–Crippen LogP) is 3.64. The second kappa shape index (κ2) is 8.32. The first-order chi connectivity index (χ1) is 15.7. The summed E-state index contributed by atoms with van der Waals surface area (Å²) in [6.07, 6.45) is 0. The monoisotopic (exact) mass is 464 g/mol. The minimum absolute atomic E-state index is 0.00632. The van der Waals surface area contributed by atoms with Crippen LogP contribution >= 0.6 is 0 Å². The number of benzene rings is 3. The molecule has 0 unspecified atom stereocenters. The van der Waals surface area contributed by atoms with Crippen molar-refractivity contribution < 1.29 is 27.7 Å². The van der Waals surface area contributed by atoms with Gasteiger partial charge in [0.25, 0.3) is 15.7 Å². The number of allylic oxidation sites excluding steroid dienone is 1. The van der Waals surface area contributed by atoms with Crippen molar-refractivity contribution in [3.8, 4) is 0 Å². The van der Waals surface area contributed by atoms with Crippen LogP contribution in [-0.2, 0) is 14.8 Å². The normalized spacial score (nSPS) is 14.4. The molecule has 0 fully saturated rings. The van der Waals surface area contributed by atoms with Gasteiger partial charge in [-0.25, -0.2) is 13.2 Å². The molecule has 0 atom stereocenters. The number of ether oxygens (including phenoxy) is 1. The summed E-state index contributed by atoms with van der Waals surface area (Å²) in [5.74, 6) is -1.77. The molecule has 3 aromatic rings. The van der Waals surface area contributed by atoms with Crippen LogP contribution in [0.4, 0.5) is 5.69 Å². The SMILES string of the molecule is CN1C(C(=O)c2ccccc2)=C(OC(=O)c2ccc([N+](=O)[O-])cc2)c2ccccc2S1(=O)=O. The van der Waals surface area contributed by atoms with Gasteiger partial charge in [0.2, 0.25) is 5.78 Å². The lowest BCUT2D eigenvalue weighted by Crippen LogP contribution is -2.36. The molecule has 0 bridgehead atoms. The predicted molar refractivity (Wildman–Crippen MR) is 118 cm³/mol. The third kappa shape index (κ3) is 3.87. The number of rotatable bonds is 5. The average molecular weight is 464 g/mol. The Kier molecular flexibility index (Phi) is 5.52. The second-order valence-electron chi connectivity index (χ2n) is 7.04. The topological polar surface area (TPSA) is 124 Å². The Morgan fingerprint density at radius 2 is 1.48 bits per heavy atom. The molecule has 0 aliphatic carbocycles. The van der Waals surface area contributed by atoms with Crippen LogP contribution in [0.1, 0.15) is 26.3 Å². The third-order valence-corrected chi connectivity index (χ3v) is 6.88. The summed E-state index contributed by atoms with van der Waals surface area (Å²) in [5, 5.41) is 10.9. The standard InChI is InChI=1S/C23H16N2O7S/c1-24-20(21(26)15-7-3-2-4-8-15)22(18-9-5-6-10-19(18)33(24,30)31)32-23(27)16-11-13-17(14-12-16)25(28)29/h2-14H,1H3. The molecular weight excluding hydrogens is 448 g/mol. The molecule has 4 rings (SSSR count). The highest BCUT2D eigenvalue weighted by Crippen LogP contribution is 2.38. The van der Waals surface area contributed by atoms with Crippen molar-refractivity contribution in [2.45, 2.75) is 4.90 Å². The first-order valence-corrected chi connectivity index (χ1v) is 11.0. The highest BCUT2D eigenvalue weighted by atomic mass is 32.2. The molecule has 0 N–H and O–H groups in total. The van der Waals surface area contributed by atoms with Crippen LogP contribution in [0.3, 0.4) is 0 Å². The number of non-ortho nitro benzene ring substituents is 1. The van der Waals surface area contributed by atoms with Crippen LogP contribution in [0.25, 0.3) is 5.76 Å². The van der Waals surface area contributed by atoms with Crippen molar-refractivity contribution in [1.29, 1.82) is 0 Å². The number of carbonyl (C=O) groups excluding carboxylic acids is 2. The molecule has 9 nitrogen and oxygen atoms in total. The molecule has 1 heterocycles. The molecule has 10 heteroatoms. The van der Waals surface area contributed by atoms with E-state index in [0.29, 0.717) is 0 Å². The molecule has 0 radical (unpaired) electrons. The van der Waals surface area contributed by atoms with Gasteiger partial charge in [-0.15, -0.1) is 0 Å².